The van der Waals surface area contributed by atoms with Gasteiger partial charge in [0.25, 0.3) is 5.56 Å². The van der Waals surface area contributed by atoms with Crippen LogP contribution in [0.4, 0.5) is 17.1 Å². The van der Waals surface area contributed by atoms with E-state index in [1.165, 1.54) is 11.3 Å². The largest absolute Gasteiger partial charge is 0.432 e. The fourth-order valence-corrected chi connectivity index (χ4v) is 4.18. The van der Waals surface area contributed by atoms with Crippen molar-refractivity contribution in [2.45, 2.75) is 13.3 Å². The summed E-state index contributed by atoms with van der Waals surface area (Å²) in [6, 6.07) is 15.2. The van der Waals surface area contributed by atoms with Crippen molar-refractivity contribution in [1.82, 2.24) is 4.98 Å². The second-order valence-corrected chi connectivity index (χ2v) is 8.64. The molecule has 0 amide bonds. The van der Waals surface area contributed by atoms with Gasteiger partial charge in [0.05, 0.1) is 16.4 Å². The predicted octanol–water partition coefficient (Wildman–Crippen LogP) is 0.824. The molecule has 168 valence electrons. The van der Waals surface area contributed by atoms with E-state index in [2.05, 4.69) is 38.8 Å². The minimum atomic E-state index is -0.317. The molecule has 1 aliphatic heterocycles. The van der Waals surface area contributed by atoms with Crippen LogP contribution >= 0.6 is 11.3 Å². The third-order valence-electron chi connectivity index (χ3n) is 5.05. The lowest BCUT2D eigenvalue weighted by Crippen LogP contribution is -2.75. The van der Waals surface area contributed by atoms with Gasteiger partial charge < -0.3 is 4.90 Å². The highest BCUT2D eigenvalue weighted by Gasteiger charge is 2.15. The Hall–Kier alpha value is -3.69. The molecule has 8 nitrogen and oxygen atoms in total. The fraction of sp³-hybridized carbons (Fsp3) is 0.208. The molecule has 0 aliphatic carbocycles. The molecule has 2 heterocycles. The Morgan fingerprint density at radius 2 is 1.79 bits per heavy atom. The van der Waals surface area contributed by atoms with Gasteiger partial charge in [-0.25, -0.2) is 9.98 Å². The number of hydroxylamine groups is 1. The quantitative estimate of drug-likeness (QED) is 0.530. The maximum absolute atomic E-state index is 12.5. The molecule has 0 atom stereocenters. The molecule has 0 bridgehead atoms. The van der Waals surface area contributed by atoms with E-state index < -0.39 is 0 Å². The van der Waals surface area contributed by atoms with Crippen molar-refractivity contribution >= 4 is 46.6 Å². The van der Waals surface area contributed by atoms with Gasteiger partial charge >= 0.3 is 5.96 Å². The highest BCUT2D eigenvalue weighted by Crippen LogP contribution is 2.19. The number of fused-ring (bicyclic) bond motifs is 1. The number of aromatic nitrogens is 1. The van der Waals surface area contributed by atoms with E-state index in [0.717, 1.165) is 35.0 Å². The molecule has 2 N–H and O–H groups in total. The number of nitrogens with zero attached hydrogens (tertiary/aromatic N) is 5. The zero-order chi connectivity index (χ0) is 23.4. The molecule has 33 heavy (non-hydrogen) atoms. The highest BCUT2D eigenvalue weighted by atomic mass is 32.1. The van der Waals surface area contributed by atoms with E-state index in [9.17, 15) is 10.0 Å². The summed E-state index contributed by atoms with van der Waals surface area (Å²) in [5.41, 5.74) is 3.58. The smallest absolute Gasteiger partial charge is 0.375 e. The highest BCUT2D eigenvalue weighted by molar-refractivity contribution is 7.07. The second-order valence-electron chi connectivity index (χ2n) is 7.61. The molecule has 3 aromatic rings. The number of anilines is 2. The molecule has 0 fully saturated rings. The van der Waals surface area contributed by atoms with Gasteiger partial charge in [-0.15, -0.1) is 0 Å². The molecule has 0 radical (unpaired) electrons. The van der Waals surface area contributed by atoms with Crippen LogP contribution in [0.5, 0.6) is 0 Å². The van der Waals surface area contributed by atoms with Gasteiger partial charge in [-0.05, 0) is 54.5 Å². The summed E-state index contributed by atoms with van der Waals surface area (Å²) in [6.45, 7) is 3.15. The van der Waals surface area contributed by atoms with E-state index in [4.69, 9.17) is 0 Å². The first-order valence-electron chi connectivity index (χ1n) is 10.6. The number of rotatable bonds is 6. The minimum absolute atomic E-state index is 0.317. The molecule has 1 aromatic heterocycles. The van der Waals surface area contributed by atoms with E-state index in [0.29, 0.717) is 26.5 Å². The average Bonchev–Trinajstić information content (AvgIpc) is 2.81. The molecule has 2 aromatic carbocycles. The van der Waals surface area contributed by atoms with Crippen LogP contribution in [0, 0.1) is 0 Å². The number of aliphatic imine (C=N–C) groups is 1. The predicted molar refractivity (Wildman–Crippen MR) is 133 cm³/mol. The summed E-state index contributed by atoms with van der Waals surface area (Å²) >= 11 is 1.27. The lowest BCUT2D eigenvalue weighted by molar-refractivity contribution is -0.312. The van der Waals surface area contributed by atoms with Gasteiger partial charge in [0.1, 0.15) is 5.69 Å². The molecule has 0 saturated heterocycles. The lowest BCUT2D eigenvalue weighted by atomic mass is 10.2. The molecule has 4 rings (SSSR count). The van der Waals surface area contributed by atoms with Crippen molar-refractivity contribution in [2.75, 3.05) is 30.6 Å². The monoisotopic (exact) mass is 461 g/mol. The number of benzene rings is 2. The summed E-state index contributed by atoms with van der Waals surface area (Å²) in [4.78, 5) is 31.0. The van der Waals surface area contributed by atoms with Crippen molar-refractivity contribution in [3.8, 4) is 0 Å². The van der Waals surface area contributed by atoms with Gasteiger partial charge in [-0.3, -0.25) is 15.1 Å². The van der Waals surface area contributed by atoms with Crippen LogP contribution < -0.4 is 29.7 Å². The lowest BCUT2D eigenvalue weighted by Gasteiger charge is -2.17. The normalized spacial score (nSPS) is 14.2. The van der Waals surface area contributed by atoms with Crippen LogP contribution in [0.25, 0.3) is 6.08 Å². The zero-order valence-electron chi connectivity index (χ0n) is 18.7. The first-order valence-corrected chi connectivity index (χ1v) is 11.4. The summed E-state index contributed by atoms with van der Waals surface area (Å²) < 4.78 is 1.09. The van der Waals surface area contributed by atoms with E-state index in [1.807, 2.05) is 36.4 Å². The standard InChI is InChI=1S/C24H24N6O2S/c1-4-13-29(2)18-11-7-17(8-12-18)26-24-25-15-20-23(28-24)33-21(22(31)27-20)14-16-5-9-19(10-6-16)30(3)32/h5-12,14-15,32H,4,13H2,1-3H3/p+1/b21-14+,26-24?. The van der Waals surface area contributed by atoms with Crippen molar-refractivity contribution in [3.05, 3.63) is 79.3 Å². The topological polar surface area (TPSA) is 95.4 Å². The Balaban J connectivity index is 1.65. The van der Waals surface area contributed by atoms with E-state index in [-0.39, 0.29) is 5.56 Å². The molecular formula is C24H25N6O2S+. The summed E-state index contributed by atoms with van der Waals surface area (Å²) in [5.74, 6) is 0.440. The molecule has 0 saturated carbocycles. The van der Waals surface area contributed by atoms with Crippen LogP contribution in [-0.4, -0.2) is 43.0 Å². The van der Waals surface area contributed by atoms with Gasteiger partial charge in [-0.2, -0.15) is 0 Å². The first-order chi connectivity index (χ1) is 15.9. The van der Waals surface area contributed by atoms with Crippen LogP contribution in [0.1, 0.15) is 24.6 Å². The molecule has 1 aliphatic rings. The number of hydrogen-bond acceptors (Lipinski definition) is 7. The molecule has 0 spiro atoms. The first kappa shape index (κ1) is 22.5. The van der Waals surface area contributed by atoms with Crippen molar-refractivity contribution in [3.63, 3.8) is 0 Å². The maximum atomic E-state index is 12.5. The number of hydrogen-bond donors (Lipinski definition) is 2. The minimum Gasteiger partial charge on any atom is -0.375 e. The SMILES string of the molecule is CCCN(C)c1ccc(N=C2N=c3s/c(=C/c4ccc(N(C)O)cc4)c(=O)nc3C=[NH+]2)cc1. The van der Waals surface area contributed by atoms with E-state index in [1.54, 1.807) is 31.5 Å². The Kier molecular flexibility index (Phi) is 6.71. The number of nitrogens with one attached hydrogen (secondary N) is 1. The van der Waals surface area contributed by atoms with Crippen molar-refractivity contribution in [1.29, 1.82) is 0 Å². The molecule has 9 heteroatoms. The zero-order valence-corrected chi connectivity index (χ0v) is 19.5. The Bertz CT molecular complexity index is 1380. The molecule has 0 unspecified atom stereocenters. The molecular weight excluding hydrogens is 436 g/mol. The van der Waals surface area contributed by atoms with Gasteiger partial charge in [0.2, 0.25) is 4.67 Å². The Labute approximate surface area is 195 Å². The van der Waals surface area contributed by atoms with Gasteiger partial charge in [0.15, 0.2) is 5.69 Å². The van der Waals surface area contributed by atoms with Crippen LogP contribution in [-0.2, 0) is 0 Å². The van der Waals surface area contributed by atoms with Gasteiger partial charge in [-0.1, -0.05) is 40.4 Å². The Morgan fingerprint density at radius 1 is 1.09 bits per heavy atom. The van der Waals surface area contributed by atoms with Crippen molar-refractivity contribution in [2.24, 2.45) is 9.98 Å². The average molecular weight is 462 g/mol. The van der Waals surface area contributed by atoms with E-state index >= 15 is 0 Å². The number of guanidine groups is 1. The van der Waals surface area contributed by atoms with Gasteiger partial charge in [0, 0.05) is 26.3 Å². The summed E-state index contributed by atoms with van der Waals surface area (Å²) in [5, 5.41) is 10.5. The van der Waals surface area contributed by atoms with Crippen LogP contribution in [0.2, 0.25) is 0 Å². The third-order valence-corrected chi connectivity index (χ3v) is 6.06. The summed E-state index contributed by atoms with van der Waals surface area (Å²) in [6.07, 6.45) is 4.50. The van der Waals surface area contributed by atoms with Crippen LogP contribution in [0.3, 0.4) is 0 Å². The Morgan fingerprint density at radius 3 is 2.45 bits per heavy atom. The third kappa shape index (κ3) is 5.39. The fourth-order valence-electron chi connectivity index (χ4n) is 3.30. The summed E-state index contributed by atoms with van der Waals surface area (Å²) in [7, 11) is 3.62. The second kappa shape index (κ2) is 9.85. The maximum Gasteiger partial charge on any atom is 0.432 e. The van der Waals surface area contributed by atoms with Crippen LogP contribution in [0.15, 0.2) is 63.3 Å². The van der Waals surface area contributed by atoms with Crippen molar-refractivity contribution < 1.29 is 10.2 Å².